The van der Waals surface area contributed by atoms with Crippen molar-refractivity contribution in [3.63, 3.8) is 0 Å². The molecule has 1 aliphatic rings. The number of benzene rings is 1. The molecule has 1 heterocycles. The van der Waals surface area contributed by atoms with Gasteiger partial charge in [-0.25, -0.2) is 0 Å². The maximum Gasteiger partial charge on any atom is 0.387 e. The van der Waals surface area contributed by atoms with Crippen LogP contribution >= 0.6 is 0 Å². The number of nitrogens with zero attached hydrogens (tertiary/aromatic N) is 1. The van der Waals surface area contributed by atoms with E-state index in [0.717, 1.165) is 37.8 Å². The predicted molar refractivity (Wildman–Crippen MR) is 94.1 cm³/mol. The zero-order valence-electron chi connectivity index (χ0n) is 14.9. The van der Waals surface area contributed by atoms with Crippen LogP contribution in [0.5, 0.6) is 5.75 Å². The molecule has 1 aliphatic heterocycles. The first-order chi connectivity index (χ1) is 12.5. The summed E-state index contributed by atoms with van der Waals surface area (Å²) in [4.78, 5) is 25.6. The number of halogens is 2. The number of aryl methyl sites for hydroxylation is 1. The van der Waals surface area contributed by atoms with Crippen LogP contribution in [-0.4, -0.2) is 43.0 Å². The number of nitrogens with one attached hydrogen (secondary N) is 1. The molecule has 26 heavy (non-hydrogen) atoms. The van der Waals surface area contributed by atoms with Crippen molar-refractivity contribution in [3.8, 4) is 5.75 Å². The number of rotatable bonds is 9. The molecule has 1 N–H and O–H groups in total. The molecule has 0 spiro atoms. The van der Waals surface area contributed by atoms with Gasteiger partial charge in [0.15, 0.2) is 0 Å². The fourth-order valence-electron chi connectivity index (χ4n) is 2.96. The van der Waals surface area contributed by atoms with Gasteiger partial charge in [0.25, 0.3) is 0 Å². The predicted octanol–water partition coefficient (Wildman–Crippen LogP) is 3.13. The van der Waals surface area contributed by atoms with E-state index >= 15 is 0 Å². The molecule has 144 valence electrons. The second kappa shape index (κ2) is 10.7. The van der Waals surface area contributed by atoms with E-state index in [1.54, 1.807) is 12.1 Å². The van der Waals surface area contributed by atoms with Gasteiger partial charge in [-0.2, -0.15) is 8.78 Å². The maximum absolute atomic E-state index is 12.1. The van der Waals surface area contributed by atoms with Crippen molar-refractivity contribution >= 4 is 11.8 Å². The van der Waals surface area contributed by atoms with E-state index in [1.165, 1.54) is 12.1 Å². The van der Waals surface area contributed by atoms with Crippen molar-refractivity contribution in [2.24, 2.45) is 0 Å². The molecule has 0 aliphatic carbocycles. The fourth-order valence-corrected chi connectivity index (χ4v) is 2.96. The van der Waals surface area contributed by atoms with E-state index in [2.05, 4.69) is 10.1 Å². The first-order valence-corrected chi connectivity index (χ1v) is 9.13. The Labute approximate surface area is 152 Å². The number of alkyl halides is 2. The highest BCUT2D eigenvalue weighted by Gasteiger charge is 2.15. The first-order valence-electron chi connectivity index (χ1n) is 9.13. The van der Waals surface area contributed by atoms with Crippen molar-refractivity contribution < 1.29 is 23.1 Å². The third-order valence-electron chi connectivity index (χ3n) is 4.39. The number of ether oxygens (including phenoxy) is 1. The summed E-state index contributed by atoms with van der Waals surface area (Å²) in [6.07, 6.45) is 5.38. The molecule has 1 aromatic carbocycles. The number of hydrogen-bond donors (Lipinski definition) is 1. The van der Waals surface area contributed by atoms with E-state index in [9.17, 15) is 18.4 Å². The van der Waals surface area contributed by atoms with Crippen molar-refractivity contribution in [1.29, 1.82) is 0 Å². The normalized spacial score (nSPS) is 15.0. The van der Waals surface area contributed by atoms with E-state index in [0.29, 0.717) is 32.4 Å². The Kier molecular flexibility index (Phi) is 8.31. The van der Waals surface area contributed by atoms with E-state index in [-0.39, 0.29) is 17.6 Å². The SMILES string of the molecule is O=C(CCc1ccc(OC(F)F)cc1)NCCCN1CCCCCC1=O. The number of carbonyl (C=O) groups is 2. The molecule has 0 bridgehead atoms. The number of hydrogen-bond acceptors (Lipinski definition) is 3. The molecule has 0 radical (unpaired) electrons. The molecule has 1 fully saturated rings. The average Bonchev–Trinajstić information content (AvgIpc) is 2.82. The Hall–Kier alpha value is -2.18. The molecule has 0 unspecified atom stereocenters. The minimum atomic E-state index is -2.84. The van der Waals surface area contributed by atoms with Gasteiger partial charge in [0.1, 0.15) is 5.75 Å². The van der Waals surface area contributed by atoms with Crippen molar-refractivity contribution in [3.05, 3.63) is 29.8 Å². The largest absolute Gasteiger partial charge is 0.435 e. The van der Waals surface area contributed by atoms with Gasteiger partial charge in [0, 0.05) is 32.5 Å². The monoisotopic (exact) mass is 368 g/mol. The minimum Gasteiger partial charge on any atom is -0.435 e. The molecule has 5 nitrogen and oxygen atoms in total. The number of carbonyl (C=O) groups excluding carboxylic acids is 2. The van der Waals surface area contributed by atoms with Crippen LogP contribution in [0.2, 0.25) is 0 Å². The van der Waals surface area contributed by atoms with Gasteiger partial charge in [-0.15, -0.1) is 0 Å². The van der Waals surface area contributed by atoms with Gasteiger partial charge in [-0.1, -0.05) is 18.6 Å². The smallest absolute Gasteiger partial charge is 0.387 e. The first kappa shape index (κ1) is 20.1. The maximum atomic E-state index is 12.1. The third-order valence-corrected chi connectivity index (χ3v) is 4.39. The van der Waals surface area contributed by atoms with Crippen LogP contribution in [0.4, 0.5) is 8.78 Å². The van der Waals surface area contributed by atoms with Gasteiger partial charge < -0.3 is 15.0 Å². The van der Waals surface area contributed by atoms with Crippen LogP contribution in [0.25, 0.3) is 0 Å². The van der Waals surface area contributed by atoms with Gasteiger partial charge in [-0.05, 0) is 43.4 Å². The Bertz CT molecular complexity index is 579. The number of amides is 2. The zero-order chi connectivity index (χ0) is 18.8. The lowest BCUT2D eigenvalue weighted by Crippen LogP contribution is -2.34. The van der Waals surface area contributed by atoms with Crippen molar-refractivity contribution in [2.45, 2.75) is 51.6 Å². The van der Waals surface area contributed by atoms with Gasteiger partial charge in [0.2, 0.25) is 11.8 Å². The minimum absolute atomic E-state index is 0.0555. The topological polar surface area (TPSA) is 58.6 Å². The summed E-state index contributed by atoms with van der Waals surface area (Å²) in [6, 6.07) is 6.29. The van der Waals surface area contributed by atoms with E-state index in [1.807, 2.05) is 4.90 Å². The molecule has 7 heteroatoms. The lowest BCUT2D eigenvalue weighted by atomic mass is 10.1. The van der Waals surface area contributed by atoms with Crippen LogP contribution < -0.4 is 10.1 Å². The molecule has 0 saturated carbocycles. The molecule has 0 aromatic heterocycles. The summed E-state index contributed by atoms with van der Waals surface area (Å²) < 4.78 is 28.5. The second-order valence-corrected chi connectivity index (χ2v) is 6.42. The third kappa shape index (κ3) is 7.37. The van der Waals surface area contributed by atoms with Gasteiger partial charge in [-0.3, -0.25) is 9.59 Å². The van der Waals surface area contributed by atoms with Crippen LogP contribution in [0.3, 0.4) is 0 Å². The van der Waals surface area contributed by atoms with Crippen LogP contribution in [0.1, 0.15) is 44.1 Å². The standard InChI is InChI=1S/C19H26F2N2O3/c20-19(21)26-16-9-6-15(7-10-16)8-11-17(24)22-12-4-14-23-13-3-1-2-5-18(23)25/h6-7,9-10,19H,1-5,8,11-14H2,(H,22,24). The highest BCUT2D eigenvalue weighted by molar-refractivity contribution is 5.76. The van der Waals surface area contributed by atoms with Crippen LogP contribution in [-0.2, 0) is 16.0 Å². The van der Waals surface area contributed by atoms with E-state index < -0.39 is 6.61 Å². The molecule has 2 rings (SSSR count). The molecule has 1 saturated heterocycles. The van der Waals surface area contributed by atoms with Crippen LogP contribution in [0, 0.1) is 0 Å². The molecular formula is C19H26F2N2O3. The van der Waals surface area contributed by atoms with Crippen molar-refractivity contribution in [1.82, 2.24) is 10.2 Å². The summed E-state index contributed by atoms with van der Waals surface area (Å²) in [7, 11) is 0. The van der Waals surface area contributed by atoms with E-state index in [4.69, 9.17) is 0 Å². The Balaban J connectivity index is 1.60. The zero-order valence-corrected chi connectivity index (χ0v) is 14.9. The van der Waals surface area contributed by atoms with Gasteiger partial charge >= 0.3 is 6.61 Å². The molecule has 2 amide bonds. The lowest BCUT2D eigenvalue weighted by molar-refractivity contribution is -0.130. The van der Waals surface area contributed by atoms with Gasteiger partial charge in [0.05, 0.1) is 0 Å². The molecular weight excluding hydrogens is 342 g/mol. The average molecular weight is 368 g/mol. The summed E-state index contributed by atoms with van der Waals surface area (Å²) in [5.41, 5.74) is 0.886. The summed E-state index contributed by atoms with van der Waals surface area (Å²) in [5, 5.41) is 2.86. The Morgan fingerprint density at radius 1 is 1.19 bits per heavy atom. The second-order valence-electron chi connectivity index (χ2n) is 6.42. The highest BCUT2D eigenvalue weighted by atomic mass is 19.3. The highest BCUT2D eigenvalue weighted by Crippen LogP contribution is 2.15. The molecule has 0 atom stereocenters. The fraction of sp³-hybridized carbons (Fsp3) is 0.579. The van der Waals surface area contributed by atoms with Crippen molar-refractivity contribution in [2.75, 3.05) is 19.6 Å². The summed E-state index contributed by atoms with van der Waals surface area (Å²) in [6.45, 7) is -0.789. The molecule has 1 aromatic rings. The lowest BCUT2D eigenvalue weighted by Gasteiger charge is -2.20. The summed E-state index contributed by atoms with van der Waals surface area (Å²) >= 11 is 0. The number of likely N-dealkylation sites (tertiary alicyclic amines) is 1. The van der Waals surface area contributed by atoms with Crippen LogP contribution in [0.15, 0.2) is 24.3 Å². The summed E-state index contributed by atoms with van der Waals surface area (Å²) in [5.74, 6) is 0.268. The Morgan fingerprint density at radius 3 is 2.69 bits per heavy atom. The Morgan fingerprint density at radius 2 is 1.96 bits per heavy atom. The quantitative estimate of drug-likeness (QED) is 0.682.